The van der Waals surface area contributed by atoms with Crippen LogP contribution in [0.3, 0.4) is 0 Å². The van der Waals surface area contributed by atoms with Gasteiger partial charge in [0.2, 0.25) is 0 Å². The van der Waals surface area contributed by atoms with Crippen molar-refractivity contribution >= 4 is 21.7 Å². The molecular formula is C13H20BrN3O2. The average molecular weight is 330 g/mol. The van der Waals surface area contributed by atoms with E-state index in [0.29, 0.717) is 25.5 Å². The van der Waals surface area contributed by atoms with E-state index in [1.54, 1.807) is 10.9 Å². The van der Waals surface area contributed by atoms with Crippen LogP contribution in [-0.4, -0.2) is 41.4 Å². The highest BCUT2D eigenvalue weighted by atomic mass is 79.9. The van der Waals surface area contributed by atoms with E-state index >= 15 is 0 Å². The molecule has 1 aromatic rings. The molecule has 1 saturated heterocycles. The summed E-state index contributed by atoms with van der Waals surface area (Å²) in [6, 6.07) is 0.111. The summed E-state index contributed by atoms with van der Waals surface area (Å²) in [5.74, 6) is -0.0119. The first kappa shape index (κ1) is 14.7. The number of carbonyl (C=O) groups excluding carboxylic acids is 1. The molecule has 5 nitrogen and oxygen atoms in total. The molecular weight excluding hydrogens is 310 g/mol. The first-order valence-corrected chi connectivity index (χ1v) is 7.55. The third-order valence-corrected chi connectivity index (χ3v) is 3.98. The third kappa shape index (κ3) is 3.07. The fourth-order valence-electron chi connectivity index (χ4n) is 2.37. The Kier molecular flexibility index (Phi) is 5.13. The Morgan fingerprint density at radius 2 is 2.37 bits per heavy atom. The summed E-state index contributed by atoms with van der Waals surface area (Å²) in [4.78, 5) is 12.7. The Morgan fingerprint density at radius 1 is 1.58 bits per heavy atom. The Balaban J connectivity index is 2.16. The molecule has 1 aromatic heterocycles. The summed E-state index contributed by atoms with van der Waals surface area (Å²) >= 11 is 3.41. The number of halogens is 1. The van der Waals surface area contributed by atoms with E-state index < -0.39 is 0 Å². The molecule has 106 valence electrons. The number of nitrogens with one attached hydrogen (secondary N) is 1. The van der Waals surface area contributed by atoms with Crippen LogP contribution in [0.4, 0.5) is 0 Å². The molecule has 1 aliphatic heterocycles. The highest BCUT2D eigenvalue weighted by Gasteiger charge is 2.36. The van der Waals surface area contributed by atoms with Gasteiger partial charge in [-0.1, -0.05) is 6.92 Å². The van der Waals surface area contributed by atoms with Gasteiger partial charge in [-0.2, -0.15) is 5.10 Å². The van der Waals surface area contributed by atoms with Crippen molar-refractivity contribution in [3.05, 3.63) is 16.4 Å². The smallest absolute Gasteiger partial charge is 0.189 e. The van der Waals surface area contributed by atoms with Crippen LogP contribution in [-0.2, 0) is 11.3 Å². The van der Waals surface area contributed by atoms with Gasteiger partial charge in [0.25, 0.3) is 0 Å². The molecule has 2 heterocycles. The highest BCUT2D eigenvalue weighted by Crippen LogP contribution is 2.24. The fraction of sp³-hybridized carbons (Fsp3) is 0.692. The van der Waals surface area contributed by atoms with Crippen molar-refractivity contribution in [2.75, 3.05) is 19.8 Å². The van der Waals surface area contributed by atoms with Gasteiger partial charge in [-0.15, -0.1) is 0 Å². The monoisotopic (exact) mass is 329 g/mol. The van der Waals surface area contributed by atoms with E-state index in [2.05, 4.69) is 33.3 Å². The number of nitrogens with zero attached hydrogens (tertiary/aromatic N) is 2. The number of rotatable bonds is 6. The van der Waals surface area contributed by atoms with Crippen LogP contribution < -0.4 is 5.32 Å². The van der Waals surface area contributed by atoms with Gasteiger partial charge in [-0.05, 0) is 35.8 Å². The summed E-state index contributed by atoms with van der Waals surface area (Å²) in [7, 11) is 0. The standard InChI is InChI=1S/C13H20BrN3O2/c1-3-5-15-11-8-19-7-9(11)13(18)12-10(14)6-16-17(12)4-2/h6,9,11,15H,3-5,7-8H2,1-2H3. The second-order valence-corrected chi connectivity index (χ2v) is 5.58. The molecule has 19 heavy (non-hydrogen) atoms. The number of aryl methyl sites for hydroxylation is 1. The van der Waals surface area contributed by atoms with Gasteiger partial charge in [0.15, 0.2) is 5.78 Å². The minimum Gasteiger partial charge on any atom is -0.379 e. The summed E-state index contributed by atoms with van der Waals surface area (Å²) in [6.07, 6.45) is 2.73. The molecule has 0 aromatic carbocycles. The van der Waals surface area contributed by atoms with Gasteiger partial charge < -0.3 is 10.1 Å². The number of carbonyl (C=O) groups is 1. The number of aromatic nitrogens is 2. The second-order valence-electron chi connectivity index (χ2n) is 4.73. The SMILES string of the molecule is CCCNC1COCC1C(=O)c1c(Br)cnn1CC. The Morgan fingerprint density at radius 3 is 3.05 bits per heavy atom. The van der Waals surface area contributed by atoms with Gasteiger partial charge in [-0.3, -0.25) is 9.48 Å². The van der Waals surface area contributed by atoms with Crippen molar-refractivity contribution in [3.8, 4) is 0 Å². The predicted molar refractivity (Wildman–Crippen MR) is 76.3 cm³/mol. The van der Waals surface area contributed by atoms with Crippen LogP contribution >= 0.6 is 15.9 Å². The number of hydrogen-bond donors (Lipinski definition) is 1. The molecule has 0 aliphatic carbocycles. The maximum atomic E-state index is 12.7. The maximum absolute atomic E-state index is 12.7. The zero-order valence-electron chi connectivity index (χ0n) is 11.4. The van der Waals surface area contributed by atoms with Crippen LogP contribution in [0, 0.1) is 5.92 Å². The van der Waals surface area contributed by atoms with Gasteiger partial charge in [-0.25, -0.2) is 0 Å². The maximum Gasteiger partial charge on any atom is 0.189 e. The average Bonchev–Trinajstić information content (AvgIpc) is 3.01. The topological polar surface area (TPSA) is 56.1 Å². The Hall–Kier alpha value is -0.720. The predicted octanol–water partition coefficient (Wildman–Crippen LogP) is 1.86. The van der Waals surface area contributed by atoms with Crippen molar-refractivity contribution in [1.82, 2.24) is 15.1 Å². The summed E-state index contributed by atoms with van der Waals surface area (Å²) in [6.45, 7) is 6.78. The zero-order valence-corrected chi connectivity index (χ0v) is 12.9. The van der Waals surface area contributed by atoms with Crippen LogP contribution in [0.25, 0.3) is 0 Å². The quantitative estimate of drug-likeness (QED) is 0.809. The molecule has 0 saturated carbocycles. The lowest BCUT2D eigenvalue weighted by Gasteiger charge is -2.18. The largest absolute Gasteiger partial charge is 0.379 e. The highest BCUT2D eigenvalue weighted by molar-refractivity contribution is 9.10. The second kappa shape index (κ2) is 6.63. The van der Waals surface area contributed by atoms with Gasteiger partial charge in [0, 0.05) is 12.6 Å². The lowest BCUT2D eigenvalue weighted by atomic mass is 9.96. The van der Waals surface area contributed by atoms with E-state index in [9.17, 15) is 4.79 Å². The zero-order chi connectivity index (χ0) is 13.8. The molecule has 2 atom stereocenters. The van der Waals surface area contributed by atoms with Crippen LogP contribution in [0.1, 0.15) is 30.8 Å². The van der Waals surface area contributed by atoms with Crippen LogP contribution in [0.15, 0.2) is 10.7 Å². The van der Waals surface area contributed by atoms with Crippen molar-refractivity contribution in [2.45, 2.75) is 32.9 Å². The fourth-order valence-corrected chi connectivity index (χ4v) is 2.86. The molecule has 0 spiro atoms. The molecule has 0 bridgehead atoms. The minimum atomic E-state index is -0.121. The summed E-state index contributed by atoms with van der Waals surface area (Å²) in [5, 5.41) is 7.59. The lowest BCUT2D eigenvalue weighted by Crippen LogP contribution is -2.40. The molecule has 0 amide bonds. The van der Waals surface area contributed by atoms with Crippen molar-refractivity contribution in [3.63, 3.8) is 0 Å². The Labute approximate surface area is 121 Å². The Bertz CT molecular complexity index is 447. The molecule has 0 radical (unpaired) electrons. The van der Waals surface area contributed by atoms with Gasteiger partial charge >= 0.3 is 0 Å². The van der Waals surface area contributed by atoms with E-state index in [-0.39, 0.29) is 17.7 Å². The van der Waals surface area contributed by atoms with Crippen molar-refractivity contribution in [1.29, 1.82) is 0 Å². The number of ether oxygens (including phenoxy) is 1. The first-order valence-electron chi connectivity index (χ1n) is 6.75. The minimum absolute atomic E-state index is 0.109. The number of hydrogen-bond acceptors (Lipinski definition) is 4. The normalized spacial score (nSPS) is 22.9. The molecule has 2 unspecified atom stereocenters. The first-order chi connectivity index (χ1) is 9.19. The van der Waals surface area contributed by atoms with Crippen LogP contribution in [0.2, 0.25) is 0 Å². The summed E-state index contributed by atoms with van der Waals surface area (Å²) < 4.78 is 7.97. The van der Waals surface area contributed by atoms with E-state index in [0.717, 1.165) is 17.4 Å². The van der Waals surface area contributed by atoms with E-state index in [1.165, 1.54) is 0 Å². The molecule has 6 heteroatoms. The molecule has 1 aliphatic rings. The molecule has 1 N–H and O–H groups in total. The van der Waals surface area contributed by atoms with Crippen molar-refractivity contribution < 1.29 is 9.53 Å². The number of Topliss-reactive ketones (excluding diaryl/α,β-unsaturated/α-hetero) is 1. The third-order valence-electron chi connectivity index (χ3n) is 3.40. The van der Waals surface area contributed by atoms with Gasteiger partial charge in [0.1, 0.15) is 5.69 Å². The van der Waals surface area contributed by atoms with Gasteiger partial charge in [0.05, 0.1) is 29.8 Å². The molecule has 1 fully saturated rings. The lowest BCUT2D eigenvalue weighted by molar-refractivity contribution is 0.0879. The van der Waals surface area contributed by atoms with E-state index in [1.807, 2.05) is 6.92 Å². The molecule has 2 rings (SSSR count). The van der Waals surface area contributed by atoms with Crippen LogP contribution in [0.5, 0.6) is 0 Å². The van der Waals surface area contributed by atoms with E-state index in [4.69, 9.17) is 4.74 Å². The summed E-state index contributed by atoms with van der Waals surface area (Å²) in [5.41, 5.74) is 0.654. The number of ketones is 1. The van der Waals surface area contributed by atoms with Crippen molar-refractivity contribution in [2.24, 2.45) is 5.92 Å².